The highest BCUT2D eigenvalue weighted by molar-refractivity contribution is 5.92. The van der Waals surface area contributed by atoms with E-state index < -0.39 is 11.9 Å². The third-order valence-corrected chi connectivity index (χ3v) is 8.02. The number of carbonyl (C=O) groups excluding carboxylic acids is 1. The van der Waals surface area contributed by atoms with Gasteiger partial charge in [0.25, 0.3) is 0 Å². The van der Waals surface area contributed by atoms with Gasteiger partial charge in [-0.15, -0.1) is 0 Å². The molecule has 0 saturated heterocycles. The van der Waals surface area contributed by atoms with E-state index in [1.165, 1.54) is 0 Å². The van der Waals surface area contributed by atoms with Crippen molar-refractivity contribution in [3.63, 3.8) is 0 Å². The zero-order valence-electron chi connectivity index (χ0n) is 12.6. The molecule has 23 heavy (non-hydrogen) atoms. The summed E-state index contributed by atoms with van der Waals surface area (Å²) in [5.74, 6) is 2.44. The van der Waals surface area contributed by atoms with Crippen LogP contribution in [0.5, 0.6) is 0 Å². The second kappa shape index (κ2) is 2.93. The summed E-state index contributed by atoms with van der Waals surface area (Å²) >= 11 is 0. The molecule has 6 aliphatic rings. The quantitative estimate of drug-likeness (QED) is 0.924. The fourth-order valence-corrected chi connectivity index (χ4v) is 7.71. The average molecular weight is 323 g/mol. The van der Waals surface area contributed by atoms with Crippen LogP contribution in [0, 0.1) is 40.9 Å². The number of hydrogen-bond donors (Lipinski definition) is 1. The fraction of sp³-hybridized carbons (Fsp3) is 0.750. The lowest BCUT2D eigenvalue weighted by molar-refractivity contribution is -0.612. The zero-order chi connectivity index (χ0) is 16.3. The number of halogens is 3. The maximum Gasteiger partial charge on any atom is 0.434 e. The molecule has 0 aliphatic heterocycles. The molecule has 7 rings (SSSR count). The van der Waals surface area contributed by atoms with Gasteiger partial charge in [0, 0.05) is 17.7 Å². The molecule has 0 atom stereocenters. The van der Waals surface area contributed by atoms with Gasteiger partial charge in [-0.3, -0.25) is 4.79 Å². The van der Waals surface area contributed by atoms with Crippen molar-refractivity contribution < 1.29 is 18.0 Å². The summed E-state index contributed by atoms with van der Waals surface area (Å²) in [6, 6.07) is -0.0562. The molecule has 6 aliphatic carbocycles. The van der Waals surface area contributed by atoms with Crippen molar-refractivity contribution in [1.29, 1.82) is 0 Å². The van der Waals surface area contributed by atoms with E-state index in [2.05, 4.69) is 4.98 Å². The topological polar surface area (TPSA) is 60.9 Å². The first-order chi connectivity index (χ1) is 10.7. The highest BCUT2D eigenvalue weighted by Crippen LogP contribution is 3.09. The van der Waals surface area contributed by atoms with Gasteiger partial charge >= 0.3 is 6.18 Å². The molecule has 1 amide bonds. The number of carbonyl (C=O) groups is 1. The lowest BCUT2D eigenvalue weighted by atomic mass is 8.92. The van der Waals surface area contributed by atoms with E-state index in [0.717, 1.165) is 6.20 Å². The highest BCUT2D eigenvalue weighted by Gasteiger charge is 3.12. The molecule has 6 fully saturated rings. The van der Waals surface area contributed by atoms with Crippen molar-refractivity contribution in [3.8, 4) is 0 Å². The number of primary amides is 1. The lowest BCUT2D eigenvalue weighted by Gasteiger charge is -3.10. The van der Waals surface area contributed by atoms with Gasteiger partial charge in [-0.2, -0.15) is 13.2 Å². The summed E-state index contributed by atoms with van der Waals surface area (Å²) in [7, 11) is 0. The Morgan fingerprint density at radius 3 is 2.13 bits per heavy atom. The van der Waals surface area contributed by atoms with Crippen molar-refractivity contribution >= 4 is 5.91 Å². The zero-order valence-corrected chi connectivity index (χ0v) is 12.6. The Morgan fingerprint density at radius 2 is 1.74 bits per heavy atom. The minimum atomic E-state index is -4.41. The number of alkyl halides is 3. The first kappa shape index (κ1) is 12.8. The van der Waals surface area contributed by atoms with Crippen LogP contribution in [0.2, 0.25) is 0 Å². The smallest absolute Gasteiger partial charge is 0.369 e. The number of nitrogens with two attached hydrogens (primary N) is 1. The van der Waals surface area contributed by atoms with E-state index in [-0.39, 0.29) is 22.8 Å². The van der Waals surface area contributed by atoms with Crippen LogP contribution in [0.15, 0.2) is 6.20 Å². The molecule has 2 N–H and O–H groups in total. The summed E-state index contributed by atoms with van der Waals surface area (Å²) in [6.45, 7) is 3.77. The van der Waals surface area contributed by atoms with E-state index in [0.29, 0.717) is 41.3 Å². The van der Waals surface area contributed by atoms with E-state index in [1.54, 1.807) is 4.57 Å². The van der Waals surface area contributed by atoms with Gasteiger partial charge in [-0.25, -0.2) is 4.98 Å². The molecule has 122 valence electrons. The van der Waals surface area contributed by atoms with Gasteiger partial charge in [-0.1, -0.05) is 0 Å². The molecular formula is C16H16F3N3O. The van der Waals surface area contributed by atoms with Crippen LogP contribution < -0.4 is 5.73 Å². The summed E-state index contributed by atoms with van der Waals surface area (Å²) < 4.78 is 41.0. The van der Waals surface area contributed by atoms with Gasteiger partial charge in [0.1, 0.15) is 5.82 Å². The molecule has 0 radical (unpaired) electrons. The number of nitrogens with zero attached hydrogens (tertiary/aromatic N) is 2. The van der Waals surface area contributed by atoms with Gasteiger partial charge in [0.05, 0.1) is 5.41 Å². The molecule has 4 nitrogen and oxygen atoms in total. The molecular weight excluding hydrogens is 307 g/mol. The van der Waals surface area contributed by atoms with E-state index >= 15 is 0 Å². The Morgan fingerprint density at radius 1 is 1.22 bits per heavy atom. The molecule has 6 saturated carbocycles. The summed E-state index contributed by atoms with van der Waals surface area (Å²) in [4.78, 5) is 15.8. The highest BCUT2D eigenvalue weighted by atomic mass is 19.4. The Labute approximate surface area is 130 Å². The van der Waals surface area contributed by atoms with Gasteiger partial charge in [-0.05, 0) is 49.4 Å². The largest absolute Gasteiger partial charge is 0.434 e. The molecule has 1 aromatic rings. The number of amides is 1. The third kappa shape index (κ3) is 0.817. The monoisotopic (exact) mass is 323 g/mol. The second-order valence-corrected chi connectivity index (χ2v) is 8.33. The average Bonchev–Trinajstić information content (AvgIpc) is 2.92. The van der Waals surface area contributed by atoms with Crippen LogP contribution in [-0.2, 0) is 16.4 Å². The van der Waals surface area contributed by atoms with E-state index in [4.69, 9.17) is 5.73 Å². The first-order valence-electron chi connectivity index (χ1n) is 8.17. The molecule has 0 aromatic carbocycles. The molecule has 1 heterocycles. The molecule has 1 aromatic heterocycles. The molecule has 7 heteroatoms. The summed E-state index contributed by atoms with van der Waals surface area (Å²) in [6.07, 6.45) is -3.26. The second-order valence-electron chi connectivity index (χ2n) is 8.33. The minimum absolute atomic E-state index is 0.0562. The Kier molecular flexibility index (Phi) is 1.64. The Hall–Kier alpha value is -1.53. The summed E-state index contributed by atoms with van der Waals surface area (Å²) in [5.41, 5.74) is 4.36. The van der Waals surface area contributed by atoms with Crippen LogP contribution in [0.1, 0.15) is 31.4 Å². The lowest BCUT2D eigenvalue weighted by Crippen LogP contribution is -3.12. The number of imidazole rings is 1. The normalized spacial score (nSPS) is 52.8. The predicted molar refractivity (Wildman–Crippen MR) is 71.9 cm³/mol. The van der Waals surface area contributed by atoms with Crippen molar-refractivity contribution in [1.82, 2.24) is 9.55 Å². The maximum absolute atomic E-state index is 13.1. The van der Waals surface area contributed by atoms with E-state index in [1.807, 2.05) is 13.8 Å². The van der Waals surface area contributed by atoms with Crippen molar-refractivity contribution in [2.45, 2.75) is 31.5 Å². The molecule has 0 unspecified atom stereocenters. The number of hydrogen-bond acceptors (Lipinski definition) is 2. The molecule has 0 bridgehead atoms. The SMILES string of the molecule is CC(C)n1cc(C(F)(F)F)nc1C12C3C4C1C1C2C3C41C(N)=O. The predicted octanol–water partition coefficient (Wildman–Crippen LogP) is 1.96. The van der Waals surface area contributed by atoms with Crippen LogP contribution >= 0.6 is 0 Å². The van der Waals surface area contributed by atoms with Gasteiger partial charge in [0.15, 0.2) is 5.69 Å². The van der Waals surface area contributed by atoms with E-state index in [9.17, 15) is 18.0 Å². The van der Waals surface area contributed by atoms with Crippen LogP contribution in [0.3, 0.4) is 0 Å². The van der Waals surface area contributed by atoms with Crippen molar-refractivity contribution in [2.24, 2.45) is 46.7 Å². The van der Waals surface area contributed by atoms with Crippen LogP contribution in [0.4, 0.5) is 13.2 Å². The van der Waals surface area contributed by atoms with Crippen LogP contribution in [-0.4, -0.2) is 15.5 Å². The third-order valence-electron chi connectivity index (χ3n) is 8.02. The number of aromatic nitrogens is 2. The standard InChI is InChI=1S/C16H16F3N3O/c1-4(2)22-3-5(16(17,18)19)21-13(22)15-9-6-10(15)8-11(15)7(9)14(6,8)12(20)23/h3-4,6-11H,1-2H3,(H2,20,23). The van der Waals surface area contributed by atoms with Crippen LogP contribution in [0.25, 0.3) is 0 Å². The Bertz CT molecular complexity index is 754. The van der Waals surface area contributed by atoms with Gasteiger partial charge in [0.2, 0.25) is 5.91 Å². The fourth-order valence-electron chi connectivity index (χ4n) is 7.71. The first-order valence-corrected chi connectivity index (χ1v) is 8.17. The van der Waals surface area contributed by atoms with Crippen molar-refractivity contribution in [2.75, 3.05) is 0 Å². The number of rotatable bonds is 3. The Balaban J connectivity index is 1.45. The molecule has 0 spiro atoms. The van der Waals surface area contributed by atoms with Gasteiger partial charge < -0.3 is 10.3 Å². The summed E-state index contributed by atoms with van der Waals surface area (Å²) in [5, 5.41) is 0. The maximum atomic E-state index is 13.1. The minimum Gasteiger partial charge on any atom is -0.369 e. The van der Waals surface area contributed by atoms with Crippen molar-refractivity contribution in [3.05, 3.63) is 17.7 Å².